The summed E-state index contributed by atoms with van der Waals surface area (Å²) in [6.45, 7) is 2.95. The van der Waals surface area contributed by atoms with Crippen LogP contribution in [0, 0.1) is 6.92 Å². The molecule has 3 aromatic rings. The van der Waals surface area contributed by atoms with Gasteiger partial charge in [-0.15, -0.1) is 0 Å². The Bertz CT molecular complexity index is 969. The lowest BCUT2D eigenvalue weighted by Gasteiger charge is -2.22. The number of carbonyl (C=O) groups excluding carboxylic acids is 1. The maximum Gasteiger partial charge on any atom is 0.254 e. The highest BCUT2D eigenvalue weighted by molar-refractivity contribution is 5.95. The van der Waals surface area contributed by atoms with Crippen molar-refractivity contribution in [2.45, 2.75) is 20.0 Å². The fourth-order valence-electron chi connectivity index (χ4n) is 3.11. The molecule has 138 valence electrons. The van der Waals surface area contributed by atoms with Gasteiger partial charge in [-0.05, 0) is 43.3 Å². The van der Waals surface area contributed by atoms with Gasteiger partial charge in [0, 0.05) is 18.8 Å². The van der Waals surface area contributed by atoms with E-state index in [-0.39, 0.29) is 12.7 Å². The Morgan fingerprint density at radius 3 is 2.74 bits per heavy atom. The molecule has 7 heteroatoms. The third kappa shape index (κ3) is 3.62. The molecule has 1 amide bonds. The number of hydrogen-bond donors (Lipinski definition) is 0. The molecule has 0 aliphatic carbocycles. The van der Waals surface area contributed by atoms with Crippen molar-refractivity contribution in [3.63, 3.8) is 0 Å². The van der Waals surface area contributed by atoms with Crippen molar-refractivity contribution >= 4 is 5.91 Å². The second-order valence-corrected chi connectivity index (χ2v) is 6.45. The van der Waals surface area contributed by atoms with Crippen molar-refractivity contribution in [1.29, 1.82) is 0 Å². The van der Waals surface area contributed by atoms with E-state index in [0.717, 1.165) is 17.1 Å². The lowest BCUT2D eigenvalue weighted by atomic mass is 10.1. The van der Waals surface area contributed by atoms with Crippen molar-refractivity contribution < 1.29 is 14.3 Å². The molecular weight excluding hydrogens is 344 g/mol. The first-order valence-electron chi connectivity index (χ1n) is 8.68. The quantitative estimate of drug-likeness (QED) is 0.696. The van der Waals surface area contributed by atoms with Crippen molar-refractivity contribution in [2.75, 3.05) is 6.79 Å². The minimum atomic E-state index is -0.0993. The summed E-state index contributed by atoms with van der Waals surface area (Å²) in [5, 5.41) is 4.38. The number of fused-ring (bicyclic) bond motifs is 1. The third-order valence-corrected chi connectivity index (χ3v) is 4.44. The molecule has 0 bridgehead atoms. The highest BCUT2D eigenvalue weighted by atomic mass is 16.7. The lowest BCUT2D eigenvalue weighted by Crippen LogP contribution is -2.31. The summed E-state index contributed by atoms with van der Waals surface area (Å²) < 4.78 is 12.5. The third-order valence-electron chi connectivity index (χ3n) is 4.44. The Kier molecular flexibility index (Phi) is 4.50. The Morgan fingerprint density at radius 1 is 1.15 bits per heavy atom. The van der Waals surface area contributed by atoms with Gasteiger partial charge in [0.05, 0.1) is 30.2 Å². The van der Waals surface area contributed by atoms with Gasteiger partial charge in [-0.1, -0.05) is 6.07 Å². The van der Waals surface area contributed by atoms with Gasteiger partial charge in [-0.25, -0.2) is 0 Å². The SMILES string of the molecule is Cc1cc(CN(Cc2ccccn2)C(=O)c2ccc3c(c2)OCO3)n(C)n1. The zero-order valence-electron chi connectivity index (χ0n) is 15.3. The molecule has 0 unspecified atom stereocenters. The Morgan fingerprint density at radius 2 is 2.00 bits per heavy atom. The maximum atomic E-state index is 13.2. The fourth-order valence-corrected chi connectivity index (χ4v) is 3.11. The highest BCUT2D eigenvalue weighted by Crippen LogP contribution is 2.33. The van der Waals surface area contributed by atoms with Crippen LogP contribution in [0.3, 0.4) is 0 Å². The summed E-state index contributed by atoms with van der Waals surface area (Å²) in [4.78, 5) is 19.4. The van der Waals surface area contributed by atoms with Crippen LogP contribution in [0.1, 0.15) is 27.4 Å². The molecule has 1 aliphatic rings. The Labute approximate surface area is 157 Å². The van der Waals surface area contributed by atoms with Crippen LogP contribution >= 0.6 is 0 Å². The van der Waals surface area contributed by atoms with Crippen LogP contribution in [0.15, 0.2) is 48.7 Å². The van der Waals surface area contributed by atoms with E-state index in [9.17, 15) is 4.79 Å². The van der Waals surface area contributed by atoms with E-state index < -0.39 is 0 Å². The monoisotopic (exact) mass is 364 g/mol. The maximum absolute atomic E-state index is 13.2. The van der Waals surface area contributed by atoms with E-state index in [1.165, 1.54) is 0 Å². The second kappa shape index (κ2) is 7.11. The molecule has 1 aromatic carbocycles. The predicted molar refractivity (Wildman–Crippen MR) is 98.3 cm³/mol. The number of nitrogens with zero attached hydrogens (tertiary/aromatic N) is 4. The number of ether oxygens (including phenoxy) is 2. The number of pyridine rings is 1. The minimum absolute atomic E-state index is 0.0993. The topological polar surface area (TPSA) is 69.5 Å². The fraction of sp³-hybridized carbons (Fsp3) is 0.250. The standard InChI is InChI=1S/C20H20N4O3/c1-14-9-17(23(2)22-14)12-24(11-16-5-3-4-8-21-16)20(25)15-6-7-18-19(10-15)27-13-26-18/h3-10H,11-13H2,1-2H3. The van der Waals surface area contributed by atoms with E-state index in [2.05, 4.69) is 10.1 Å². The van der Waals surface area contributed by atoms with E-state index in [1.807, 2.05) is 38.2 Å². The van der Waals surface area contributed by atoms with E-state index >= 15 is 0 Å². The van der Waals surface area contributed by atoms with Crippen molar-refractivity contribution in [3.8, 4) is 11.5 Å². The molecule has 7 nitrogen and oxygen atoms in total. The molecule has 27 heavy (non-hydrogen) atoms. The molecule has 4 rings (SSSR count). The normalized spacial score (nSPS) is 12.2. The van der Waals surface area contributed by atoms with E-state index in [0.29, 0.717) is 30.2 Å². The molecule has 0 fully saturated rings. The van der Waals surface area contributed by atoms with Crippen LogP contribution in [-0.2, 0) is 20.1 Å². The lowest BCUT2D eigenvalue weighted by molar-refractivity contribution is 0.0723. The van der Waals surface area contributed by atoms with Crippen molar-refractivity contribution in [1.82, 2.24) is 19.7 Å². The van der Waals surface area contributed by atoms with Gasteiger partial charge in [0.15, 0.2) is 11.5 Å². The van der Waals surface area contributed by atoms with Crippen LogP contribution < -0.4 is 9.47 Å². The van der Waals surface area contributed by atoms with Gasteiger partial charge in [0.2, 0.25) is 6.79 Å². The molecule has 0 saturated carbocycles. The molecular formula is C20H20N4O3. The molecule has 0 spiro atoms. The number of benzene rings is 1. The number of rotatable bonds is 5. The summed E-state index contributed by atoms with van der Waals surface area (Å²) in [5.41, 5.74) is 3.25. The van der Waals surface area contributed by atoms with Crippen LogP contribution in [-0.4, -0.2) is 32.4 Å². The average Bonchev–Trinajstić information content (AvgIpc) is 3.26. The molecule has 2 aromatic heterocycles. The summed E-state index contributed by atoms with van der Waals surface area (Å²) >= 11 is 0. The molecule has 0 saturated heterocycles. The Hall–Kier alpha value is -3.35. The van der Waals surface area contributed by atoms with Gasteiger partial charge in [0.25, 0.3) is 5.91 Å². The molecule has 3 heterocycles. The summed E-state index contributed by atoms with van der Waals surface area (Å²) in [5.74, 6) is 1.15. The van der Waals surface area contributed by atoms with Crippen LogP contribution in [0.4, 0.5) is 0 Å². The first-order valence-corrected chi connectivity index (χ1v) is 8.68. The zero-order valence-corrected chi connectivity index (χ0v) is 15.3. The number of aromatic nitrogens is 3. The van der Waals surface area contributed by atoms with Crippen LogP contribution in [0.5, 0.6) is 11.5 Å². The average molecular weight is 364 g/mol. The second-order valence-electron chi connectivity index (χ2n) is 6.45. The smallest absolute Gasteiger partial charge is 0.254 e. The number of amides is 1. The minimum Gasteiger partial charge on any atom is -0.454 e. The number of carbonyl (C=O) groups is 1. The highest BCUT2D eigenvalue weighted by Gasteiger charge is 2.22. The summed E-state index contributed by atoms with van der Waals surface area (Å²) in [6.07, 6.45) is 1.73. The van der Waals surface area contributed by atoms with Crippen LogP contribution in [0.25, 0.3) is 0 Å². The van der Waals surface area contributed by atoms with Gasteiger partial charge < -0.3 is 14.4 Å². The predicted octanol–water partition coefficient (Wildman–Crippen LogP) is 2.69. The van der Waals surface area contributed by atoms with E-state index in [4.69, 9.17) is 9.47 Å². The molecule has 0 atom stereocenters. The molecule has 1 aliphatic heterocycles. The Balaban J connectivity index is 1.63. The van der Waals surface area contributed by atoms with Crippen LogP contribution in [0.2, 0.25) is 0 Å². The molecule has 0 radical (unpaired) electrons. The summed E-state index contributed by atoms with van der Waals surface area (Å²) in [7, 11) is 1.88. The van der Waals surface area contributed by atoms with Crippen molar-refractivity contribution in [3.05, 3.63) is 71.3 Å². The molecule has 0 N–H and O–H groups in total. The first kappa shape index (κ1) is 17.1. The van der Waals surface area contributed by atoms with Gasteiger partial charge >= 0.3 is 0 Å². The van der Waals surface area contributed by atoms with Crippen molar-refractivity contribution in [2.24, 2.45) is 7.05 Å². The van der Waals surface area contributed by atoms with E-state index in [1.54, 1.807) is 34.0 Å². The number of hydrogen-bond acceptors (Lipinski definition) is 5. The largest absolute Gasteiger partial charge is 0.454 e. The zero-order chi connectivity index (χ0) is 18.8. The van der Waals surface area contributed by atoms with Gasteiger partial charge in [-0.3, -0.25) is 14.5 Å². The summed E-state index contributed by atoms with van der Waals surface area (Å²) in [6, 6.07) is 12.9. The van der Waals surface area contributed by atoms with Gasteiger partial charge in [0.1, 0.15) is 0 Å². The number of aryl methyl sites for hydroxylation is 2. The van der Waals surface area contributed by atoms with Gasteiger partial charge in [-0.2, -0.15) is 5.10 Å². The first-order chi connectivity index (χ1) is 13.1.